The number of aryl methyl sites for hydroxylation is 1. The fourth-order valence-electron chi connectivity index (χ4n) is 1.50. The Balaban J connectivity index is 2.78. The van der Waals surface area contributed by atoms with Crippen molar-refractivity contribution < 1.29 is 4.79 Å². The summed E-state index contributed by atoms with van der Waals surface area (Å²) in [4.78, 5) is 11.1. The van der Waals surface area contributed by atoms with Gasteiger partial charge >= 0.3 is 6.03 Å². The summed E-state index contributed by atoms with van der Waals surface area (Å²) in [5, 5.41) is 5.35. The van der Waals surface area contributed by atoms with Crippen LogP contribution < -0.4 is 10.6 Å². The van der Waals surface area contributed by atoms with Gasteiger partial charge in [-0.1, -0.05) is 32.0 Å². The molecule has 0 aliphatic heterocycles. The van der Waals surface area contributed by atoms with Gasteiger partial charge < -0.3 is 10.6 Å². The van der Waals surface area contributed by atoms with Crippen LogP contribution in [0.25, 0.3) is 0 Å². The lowest BCUT2D eigenvalue weighted by Crippen LogP contribution is -2.32. The van der Waals surface area contributed by atoms with Gasteiger partial charge in [-0.05, 0) is 29.5 Å². The Morgan fingerprint density at radius 1 is 1.38 bits per heavy atom. The largest absolute Gasteiger partial charge is 0.341 e. The van der Waals surface area contributed by atoms with Crippen molar-refractivity contribution in [3.8, 4) is 0 Å². The maximum atomic E-state index is 11.1. The zero-order valence-electron chi connectivity index (χ0n) is 10.4. The fraction of sp³-hybridized carbons (Fsp3) is 0.462. The van der Waals surface area contributed by atoms with Crippen LogP contribution in [0.2, 0.25) is 0 Å². The third-order valence-corrected chi connectivity index (χ3v) is 2.71. The highest BCUT2D eigenvalue weighted by molar-refractivity contribution is 5.73. The van der Waals surface area contributed by atoms with E-state index in [2.05, 4.69) is 49.6 Å². The molecule has 0 spiro atoms. The third-order valence-electron chi connectivity index (χ3n) is 2.71. The smallest absolute Gasteiger partial charge is 0.314 e. The lowest BCUT2D eigenvalue weighted by atomic mass is 9.98. The molecule has 0 heterocycles. The minimum absolute atomic E-state index is 0.144. The third kappa shape index (κ3) is 3.26. The van der Waals surface area contributed by atoms with Crippen LogP contribution >= 0.6 is 0 Å². The fourth-order valence-corrected chi connectivity index (χ4v) is 1.50. The van der Waals surface area contributed by atoms with Crippen molar-refractivity contribution in [3.63, 3.8) is 0 Å². The molecule has 3 heteroatoms. The lowest BCUT2D eigenvalue weighted by Gasteiger charge is -2.12. The van der Waals surface area contributed by atoms with Crippen LogP contribution in [0.1, 0.15) is 36.5 Å². The number of carbonyl (C=O) groups excluding carboxylic acids is 1. The van der Waals surface area contributed by atoms with E-state index >= 15 is 0 Å². The van der Waals surface area contributed by atoms with Crippen LogP contribution in [0.4, 0.5) is 4.79 Å². The number of nitrogens with one attached hydrogen (secondary N) is 2. The molecular formula is C13H20N2O. The maximum absolute atomic E-state index is 11.1. The van der Waals surface area contributed by atoms with E-state index < -0.39 is 0 Å². The van der Waals surface area contributed by atoms with Crippen molar-refractivity contribution in [2.45, 2.75) is 33.2 Å². The van der Waals surface area contributed by atoms with Gasteiger partial charge in [-0.25, -0.2) is 4.79 Å². The number of urea groups is 1. The van der Waals surface area contributed by atoms with Crippen molar-refractivity contribution in [2.75, 3.05) is 7.05 Å². The van der Waals surface area contributed by atoms with Gasteiger partial charge in [0.1, 0.15) is 0 Å². The molecule has 0 radical (unpaired) electrons. The molecule has 0 bridgehead atoms. The maximum Gasteiger partial charge on any atom is 0.314 e. The second kappa shape index (κ2) is 5.54. The molecule has 0 saturated carbocycles. The molecule has 0 aliphatic carbocycles. The minimum atomic E-state index is -0.144. The first-order chi connectivity index (χ1) is 7.54. The van der Waals surface area contributed by atoms with E-state index in [-0.39, 0.29) is 6.03 Å². The van der Waals surface area contributed by atoms with E-state index in [9.17, 15) is 4.79 Å². The Morgan fingerprint density at radius 3 is 2.62 bits per heavy atom. The molecule has 2 amide bonds. The van der Waals surface area contributed by atoms with Crippen LogP contribution in [-0.4, -0.2) is 13.1 Å². The number of hydrogen-bond acceptors (Lipinski definition) is 1. The number of carbonyl (C=O) groups is 1. The molecule has 0 fully saturated rings. The molecule has 0 atom stereocenters. The van der Waals surface area contributed by atoms with Crippen LogP contribution in [0.3, 0.4) is 0 Å². The molecule has 0 unspecified atom stereocenters. The van der Waals surface area contributed by atoms with Crippen molar-refractivity contribution in [2.24, 2.45) is 0 Å². The number of amides is 2. The Kier molecular flexibility index (Phi) is 4.35. The molecule has 1 rings (SSSR count). The Morgan fingerprint density at radius 2 is 2.06 bits per heavy atom. The first-order valence-corrected chi connectivity index (χ1v) is 5.59. The number of benzene rings is 1. The van der Waals surface area contributed by atoms with Crippen LogP contribution in [0.5, 0.6) is 0 Å². The summed E-state index contributed by atoms with van der Waals surface area (Å²) >= 11 is 0. The van der Waals surface area contributed by atoms with Gasteiger partial charge in [-0.3, -0.25) is 0 Å². The van der Waals surface area contributed by atoms with Gasteiger partial charge in [0.15, 0.2) is 0 Å². The Hall–Kier alpha value is -1.51. The van der Waals surface area contributed by atoms with Gasteiger partial charge in [-0.15, -0.1) is 0 Å². The van der Waals surface area contributed by atoms with E-state index in [1.165, 1.54) is 16.7 Å². The highest BCUT2D eigenvalue weighted by Crippen LogP contribution is 2.18. The van der Waals surface area contributed by atoms with Gasteiger partial charge in [0.05, 0.1) is 0 Å². The average Bonchev–Trinajstić information content (AvgIpc) is 2.27. The van der Waals surface area contributed by atoms with E-state index in [0.717, 1.165) is 0 Å². The summed E-state index contributed by atoms with van der Waals surface area (Å²) in [5.41, 5.74) is 3.69. The summed E-state index contributed by atoms with van der Waals surface area (Å²) in [6, 6.07) is 6.27. The van der Waals surface area contributed by atoms with E-state index in [1.54, 1.807) is 7.05 Å². The van der Waals surface area contributed by atoms with Crippen LogP contribution in [0, 0.1) is 6.92 Å². The molecule has 3 nitrogen and oxygen atoms in total. The zero-order chi connectivity index (χ0) is 12.1. The predicted molar refractivity (Wildman–Crippen MR) is 66.6 cm³/mol. The number of rotatable bonds is 3. The quantitative estimate of drug-likeness (QED) is 0.807. The molecule has 16 heavy (non-hydrogen) atoms. The molecule has 0 saturated heterocycles. The van der Waals surface area contributed by atoms with E-state index in [1.807, 2.05) is 0 Å². The Labute approximate surface area is 97.2 Å². The SMILES string of the molecule is CNC(=O)NCc1cc(C(C)C)ccc1C. The van der Waals surface area contributed by atoms with E-state index in [0.29, 0.717) is 12.5 Å². The summed E-state index contributed by atoms with van der Waals surface area (Å²) in [7, 11) is 1.62. The summed E-state index contributed by atoms with van der Waals surface area (Å²) in [5.74, 6) is 0.513. The van der Waals surface area contributed by atoms with Gasteiger partial charge in [-0.2, -0.15) is 0 Å². The number of hydrogen-bond donors (Lipinski definition) is 2. The minimum Gasteiger partial charge on any atom is -0.341 e. The average molecular weight is 220 g/mol. The highest BCUT2D eigenvalue weighted by atomic mass is 16.2. The molecule has 88 valence electrons. The molecule has 0 aliphatic rings. The second-order valence-corrected chi connectivity index (χ2v) is 4.27. The summed E-state index contributed by atoms with van der Waals surface area (Å²) < 4.78 is 0. The monoisotopic (exact) mass is 220 g/mol. The molecular weight excluding hydrogens is 200 g/mol. The first kappa shape index (κ1) is 12.6. The topological polar surface area (TPSA) is 41.1 Å². The van der Waals surface area contributed by atoms with Crippen molar-refractivity contribution in [1.82, 2.24) is 10.6 Å². The molecule has 1 aromatic rings. The Bertz CT molecular complexity index is 372. The van der Waals surface area contributed by atoms with Crippen LogP contribution in [0.15, 0.2) is 18.2 Å². The standard InChI is InChI=1S/C13H20N2O/c1-9(2)11-6-5-10(3)12(7-11)8-15-13(16)14-4/h5-7,9H,8H2,1-4H3,(H2,14,15,16). The first-order valence-electron chi connectivity index (χ1n) is 5.59. The lowest BCUT2D eigenvalue weighted by molar-refractivity contribution is 0.242. The second-order valence-electron chi connectivity index (χ2n) is 4.27. The molecule has 0 aromatic heterocycles. The zero-order valence-corrected chi connectivity index (χ0v) is 10.4. The van der Waals surface area contributed by atoms with Gasteiger partial charge in [0.25, 0.3) is 0 Å². The van der Waals surface area contributed by atoms with E-state index in [4.69, 9.17) is 0 Å². The van der Waals surface area contributed by atoms with Crippen LogP contribution in [-0.2, 0) is 6.54 Å². The normalized spacial score (nSPS) is 10.3. The predicted octanol–water partition coefficient (Wildman–Crippen LogP) is 2.55. The highest BCUT2D eigenvalue weighted by Gasteiger charge is 2.04. The summed E-state index contributed by atoms with van der Waals surface area (Å²) in [6.07, 6.45) is 0. The summed E-state index contributed by atoms with van der Waals surface area (Å²) in [6.45, 7) is 6.97. The van der Waals surface area contributed by atoms with Gasteiger partial charge in [0.2, 0.25) is 0 Å². The molecule has 1 aromatic carbocycles. The van der Waals surface area contributed by atoms with Crippen molar-refractivity contribution in [1.29, 1.82) is 0 Å². The van der Waals surface area contributed by atoms with Crippen molar-refractivity contribution >= 4 is 6.03 Å². The van der Waals surface area contributed by atoms with Crippen molar-refractivity contribution in [3.05, 3.63) is 34.9 Å². The molecule has 2 N–H and O–H groups in total. The van der Waals surface area contributed by atoms with Gasteiger partial charge in [0, 0.05) is 13.6 Å².